The number of hydrogen-bond acceptors (Lipinski definition) is 3. The van der Waals surface area contributed by atoms with Gasteiger partial charge >= 0.3 is 0 Å². The normalized spacial score (nSPS) is 20.6. The summed E-state index contributed by atoms with van der Waals surface area (Å²) >= 11 is 0. The first-order valence-corrected chi connectivity index (χ1v) is 7.14. The van der Waals surface area contributed by atoms with E-state index in [4.69, 9.17) is 0 Å². The van der Waals surface area contributed by atoms with E-state index in [2.05, 4.69) is 35.2 Å². The van der Waals surface area contributed by atoms with Crippen molar-refractivity contribution in [1.82, 2.24) is 20.0 Å². The van der Waals surface area contributed by atoms with Gasteiger partial charge in [0.05, 0.1) is 11.4 Å². The molecule has 2 heterocycles. The van der Waals surface area contributed by atoms with Crippen molar-refractivity contribution < 1.29 is 0 Å². The van der Waals surface area contributed by atoms with Gasteiger partial charge in [0.25, 0.3) is 0 Å². The van der Waals surface area contributed by atoms with Crippen molar-refractivity contribution in [3.8, 4) is 0 Å². The molecule has 1 N–H and O–H groups in total. The Labute approximate surface area is 110 Å². The summed E-state index contributed by atoms with van der Waals surface area (Å²) in [5.41, 5.74) is 2.42. The highest BCUT2D eigenvalue weighted by molar-refractivity contribution is 5.08. The van der Waals surface area contributed by atoms with Gasteiger partial charge < -0.3 is 5.32 Å². The van der Waals surface area contributed by atoms with Crippen LogP contribution in [0.1, 0.15) is 37.6 Å². The molecule has 0 bridgehead atoms. The maximum absolute atomic E-state index is 4.42. The molecule has 4 nitrogen and oxygen atoms in total. The second-order valence-corrected chi connectivity index (χ2v) is 5.38. The molecule has 18 heavy (non-hydrogen) atoms. The molecule has 0 spiro atoms. The molecule has 1 atom stereocenters. The zero-order valence-electron chi connectivity index (χ0n) is 11.9. The van der Waals surface area contributed by atoms with Crippen LogP contribution in [0, 0.1) is 6.92 Å². The van der Waals surface area contributed by atoms with E-state index in [1.165, 1.54) is 31.5 Å². The second kappa shape index (κ2) is 6.34. The van der Waals surface area contributed by atoms with Gasteiger partial charge in [0, 0.05) is 26.2 Å². The fraction of sp³-hybridized carbons (Fsp3) is 0.786. The minimum Gasteiger partial charge on any atom is -0.313 e. The molecule has 1 aromatic rings. The molecule has 0 radical (unpaired) electrons. The number of aromatic nitrogens is 2. The Morgan fingerprint density at radius 2 is 2.33 bits per heavy atom. The fourth-order valence-electron chi connectivity index (χ4n) is 2.74. The average Bonchev–Trinajstić information content (AvgIpc) is 2.68. The third kappa shape index (κ3) is 3.56. The molecule has 4 heteroatoms. The minimum absolute atomic E-state index is 0.674. The highest BCUT2D eigenvalue weighted by Gasteiger charge is 2.16. The third-order valence-corrected chi connectivity index (χ3v) is 3.82. The van der Waals surface area contributed by atoms with Gasteiger partial charge in [-0.15, -0.1) is 0 Å². The maximum atomic E-state index is 4.42. The molecule has 102 valence electrons. The summed E-state index contributed by atoms with van der Waals surface area (Å²) in [6.07, 6.45) is 4.03. The number of hydrogen-bond donors (Lipinski definition) is 1. The zero-order chi connectivity index (χ0) is 13.0. The number of aryl methyl sites for hydroxylation is 2. The van der Waals surface area contributed by atoms with E-state index in [1.807, 2.05) is 11.7 Å². The van der Waals surface area contributed by atoms with Gasteiger partial charge in [-0.3, -0.25) is 9.58 Å². The smallest absolute Gasteiger partial charge is 0.0597 e. The summed E-state index contributed by atoms with van der Waals surface area (Å²) in [7, 11) is 2.04. The monoisotopic (exact) mass is 250 g/mol. The lowest BCUT2D eigenvalue weighted by molar-refractivity contribution is 0.222. The Kier molecular flexibility index (Phi) is 4.78. The average molecular weight is 250 g/mol. The van der Waals surface area contributed by atoms with Crippen molar-refractivity contribution in [2.24, 2.45) is 7.05 Å². The van der Waals surface area contributed by atoms with Crippen molar-refractivity contribution >= 4 is 0 Å². The van der Waals surface area contributed by atoms with E-state index in [9.17, 15) is 0 Å². The number of likely N-dealkylation sites (N-methyl/N-ethyl adjacent to an activating group) is 1. The van der Waals surface area contributed by atoms with Crippen molar-refractivity contribution in [3.05, 3.63) is 17.5 Å². The van der Waals surface area contributed by atoms with Crippen molar-refractivity contribution in [1.29, 1.82) is 0 Å². The van der Waals surface area contributed by atoms with E-state index in [-0.39, 0.29) is 0 Å². The van der Waals surface area contributed by atoms with Gasteiger partial charge in [-0.25, -0.2) is 0 Å². The molecule has 0 saturated carbocycles. The van der Waals surface area contributed by atoms with Crippen LogP contribution in [0.2, 0.25) is 0 Å². The van der Waals surface area contributed by atoms with E-state index in [0.29, 0.717) is 6.04 Å². The first-order chi connectivity index (χ1) is 8.69. The Morgan fingerprint density at radius 3 is 2.89 bits per heavy atom. The van der Waals surface area contributed by atoms with Gasteiger partial charge in [-0.1, -0.05) is 13.3 Å². The Bertz CT molecular complexity index is 366. The van der Waals surface area contributed by atoms with E-state index in [1.54, 1.807) is 0 Å². The van der Waals surface area contributed by atoms with Crippen molar-refractivity contribution in [2.45, 2.75) is 45.7 Å². The van der Waals surface area contributed by atoms with E-state index >= 15 is 0 Å². The first-order valence-electron chi connectivity index (χ1n) is 7.14. The minimum atomic E-state index is 0.674. The van der Waals surface area contributed by atoms with Gasteiger partial charge in [-0.05, 0) is 38.9 Å². The molecular weight excluding hydrogens is 224 g/mol. The Morgan fingerprint density at radius 1 is 1.50 bits per heavy atom. The van der Waals surface area contributed by atoms with Gasteiger partial charge in [0.2, 0.25) is 0 Å². The predicted molar refractivity (Wildman–Crippen MR) is 74.5 cm³/mol. The van der Waals surface area contributed by atoms with Gasteiger partial charge in [0.1, 0.15) is 0 Å². The Hall–Kier alpha value is -0.870. The first kappa shape index (κ1) is 13.6. The standard InChI is InChI=1S/C14H26N4/c1-4-18(10-13-7-5-6-8-15-13)11-14-9-12(2)16-17(14)3/h9,13,15H,4-8,10-11H2,1-3H3. The van der Waals surface area contributed by atoms with Crippen LogP contribution < -0.4 is 5.32 Å². The fourth-order valence-corrected chi connectivity index (χ4v) is 2.74. The molecule has 0 aliphatic carbocycles. The second-order valence-electron chi connectivity index (χ2n) is 5.38. The molecule has 1 aliphatic heterocycles. The van der Waals surface area contributed by atoms with Crippen LogP contribution >= 0.6 is 0 Å². The highest BCUT2D eigenvalue weighted by Crippen LogP contribution is 2.11. The molecule has 2 rings (SSSR count). The summed E-state index contributed by atoms with van der Waals surface area (Å²) in [4.78, 5) is 2.51. The van der Waals surface area contributed by atoms with Gasteiger partial charge in [-0.2, -0.15) is 5.10 Å². The van der Waals surface area contributed by atoms with Crippen LogP contribution in [0.25, 0.3) is 0 Å². The van der Waals surface area contributed by atoms with Crippen LogP contribution in [-0.4, -0.2) is 40.4 Å². The molecule has 1 saturated heterocycles. The van der Waals surface area contributed by atoms with E-state index < -0.39 is 0 Å². The van der Waals surface area contributed by atoms with E-state index in [0.717, 1.165) is 25.3 Å². The topological polar surface area (TPSA) is 33.1 Å². The lowest BCUT2D eigenvalue weighted by Gasteiger charge is -2.29. The van der Waals surface area contributed by atoms with Crippen molar-refractivity contribution in [3.63, 3.8) is 0 Å². The number of nitrogens with one attached hydrogen (secondary N) is 1. The molecule has 1 fully saturated rings. The number of rotatable bonds is 5. The van der Waals surface area contributed by atoms with Crippen LogP contribution in [0.4, 0.5) is 0 Å². The Balaban J connectivity index is 1.90. The number of nitrogens with zero attached hydrogens (tertiary/aromatic N) is 3. The molecule has 1 unspecified atom stereocenters. The summed E-state index contributed by atoms with van der Waals surface area (Å²) in [6, 6.07) is 2.87. The number of piperidine rings is 1. The summed E-state index contributed by atoms with van der Waals surface area (Å²) in [5, 5.41) is 8.04. The molecule has 1 aromatic heterocycles. The van der Waals surface area contributed by atoms with Crippen LogP contribution in [-0.2, 0) is 13.6 Å². The third-order valence-electron chi connectivity index (χ3n) is 3.82. The lowest BCUT2D eigenvalue weighted by Crippen LogP contribution is -2.43. The quantitative estimate of drug-likeness (QED) is 0.863. The molecule has 0 amide bonds. The zero-order valence-corrected chi connectivity index (χ0v) is 11.9. The van der Waals surface area contributed by atoms with Gasteiger partial charge in [0.15, 0.2) is 0 Å². The lowest BCUT2D eigenvalue weighted by atomic mass is 10.0. The predicted octanol–water partition coefficient (Wildman–Crippen LogP) is 1.69. The largest absolute Gasteiger partial charge is 0.313 e. The molecule has 1 aliphatic rings. The van der Waals surface area contributed by atoms with Crippen molar-refractivity contribution in [2.75, 3.05) is 19.6 Å². The molecule has 0 aromatic carbocycles. The highest BCUT2D eigenvalue weighted by atomic mass is 15.3. The van der Waals surface area contributed by atoms with Crippen LogP contribution in [0.15, 0.2) is 6.07 Å². The van der Waals surface area contributed by atoms with Crippen LogP contribution in [0.3, 0.4) is 0 Å². The summed E-state index contributed by atoms with van der Waals surface area (Å²) in [6.45, 7) is 8.75. The SMILES string of the molecule is CCN(Cc1cc(C)nn1C)CC1CCCCN1. The maximum Gasteiger partial charge on any atom is 0.0597 e. The van der Waals surface area contributed by atoms with Crippen LogP contribution in [0.5, 0.6) is 0 Å². The summed E-state index contributed by atoms with van der Waals surface area (Å²) in [5.74, 6) is 0. The summed E-state index contributed by atoms with van der Waals surface area (Å²) < 4.78 is 2.01. The molecular formula is C14H26N4.